The van der Waals surface area contributed by atoms with E-state index in [1.807, 2.05) is 0 Å². The van der Waals surface area contributed by atoms with Gasteiger partial charge in [0.15, 0.2) is 5.82 Å². The molecular formula is C9H12F2N2O. The van der Waals surface area contributed by atoms with Crippen LogP contribution in [0.1, 0.15) is 43.3 Å². The lowest BCUT2D eigenvalue weighted by Gasteiger charge is -2.25. The third-order valence-corrected chi connectivity index (χ3v) is 2.61. The highest BCUT2D eigenvalue weighted by Gasteiger charge is 2.37. The molecule has 0 unspecified atom stereocenters. The van der Waals surface area contributed by atoms with Crippen molar-refractivity contribution in [1.82, 2.24) is 10.1 Å². The van der Waals surface area contributed by atoms with Gasteiger partial charge in [-0.15, -0.1) is 0 Å². The van der Waals surface area contributed by atoms with E-state index in [2.05, 4.69) is 10.1 Å². The highest BCUT2D eigenvalue weighted by molar-refractivity contribution is 4.96. The molecule has 1 aromatic rings. The molecule has 1 aromatic heterocycles. The molecule has 1 heterocycles. The van der Waals surface area contributed by atoms with Crippen LogP contribution in [0.2, 0.25) is 0 Å². The third kappa shape index (κ3) is 1.91. The number of hydrogen-bond acceptors (Lipinski definition) is 3. The summed E-state index contributed by atoms with van der Waals surface area (Å²) in [5.41, 5.74) is 0. The topological polar surface area (TPSA) is 38.9 Å². The molecule has 0 aliphatic heterocycles. The van der Waals surface area contributed by atoms with E-state index in [9.17, 15) is 8.78 Å². The van der Waals surface area contributed by atoms with Crippen LogP contribution in [-0.2, 0) is 0 Å². The van der Waals surface area contributed by atoms with E-state index >= 15 is 0 Å². The second-order valence-electron chi connectivity index (χ2n) is 3.81. The molecule has 0 atom stereocenters. The van der Waals surface area contributed by atoms with E-state index in [-0.39, 0.29) is 18.8 Å². The summed E-state index contributed by atoms with van der Waals surface area (Å²) in [5, 5.41) is 3.65. The number of aromatic nitrogens is 2. The fourth-order valence-corrected chi connectivity index (χ4v) is 1.77. The van der Waals surface area contributed by atoms with E-state index < -0.39 is 5.92 Å². The summed E-state index contributed by atoms with van der Waals surface area (Å²) >= 11 is 0. The summed E-state index contributed by atoms with van der Waals surface area (Å²) in [6.45, 7) is 1.73. The van der Waals surface area contributed by atoms with Crippen LogP contribution in [0.25, 0.3) is 0 Å². The minimum atomic E-state index is -2.49. The first-order chi connectivity index (χ1) is 6.57. The average molecular weight is 202 g/mol. The van der Waals surface area contributed by atoms with Gasteiger partial charge in [0.25, 0.3) is 0 Å². The van der Waals surface area contributed by atoms with Gasteiger partial charge in [-0.25, -0.2) is 8.78 Å². The molecule has 0 spiro atoms. The van der Waals surface area contributed by atoms with Gasteiger partial charge in [0.2, 0.25) is 11.8 Å². The SMILES string of the molecule is Cc1noc(C2CCC(F)(F)CC2)n1. The molecule has 14 heavy (non-hydrogen) atoms. The van der Waals surface area contributed by atoms with Gasteiger partial charge in [0, 0.05) is 18.8 Å². The van der Waals surface area contributed by atoms with Crippen LogP contribution >= 0.6 is 0 Å². The van der Waals surface area contributed by atoms with Crippen molar-refractivity contribution in [3.05, 3.63) is 11.7 Å². The summed E-state index contributed by atoms with van der Waals surface area (Å²) in [7, 11) is 0. The Morgan fingerprint density at radius 2 is 2.00 bits per heavy atom. The Morgan fingerprint density at radius 3 is 2.50 bits per heavy atom. The fraction of sp³-hybridized carbons (Fsp3) is 0.778. The van der Waals surface area contributed by atoms with Gasteiger partial charge >= 0.3 is 0 Å². The molecule has 1 fully saturated rings. The zero-order chi connectivity index (χ0) is 10.2. The van der Waals surface area contributed by atoms with Crippen molar-refractivity contribution in [2.75, 3.05) is 0 Å². The van der Waals surface area contributed by atoms with Gasteiger partial charge in [0.1, 0.15) is 0 Å². The molecule has 0 aromatic carbocycles. The quantitative estimate of drug-likeness (QED) is 0.702. The molecule has 2 rings (SSSR count). The van der Waals surface area contributed by atoms with E-state index in [0.717, 1.165) is 0 Å². The number of nitrogens with zero attached hydrogens (tertiary/aromatic N) is 2. The summed E-state index contributed by atoms with van der Waals surface area (Å²) in [6, 6.07) is 0. The predicted octanol–water partition coefficient (Wildman–Crippen LogP) is 2.67. The maximum absolute atomic E-state index is 12.8. The molecule has 1 aliphatic carbocycles. The molecule has 1 aliphatic rings. The van der Waals surface area contributed by atoms with Crippen LogP contribution in [0.4, 0.5) is 8.78 Å². The largest absolute Gasteiger partial charge is 0.339 e. The van der Waals surface area contributed by atoms with Crippen LogP contribution in [0.15, 0.2) is 4.52 Å². The van der Waals surface area contributed by atoms with Gasteiger partial charge < -0.3 is 4.52 Å². The Labute approximate surface area is 80.5 Å². The first-order valence-electron chi connectivity index (χ1n) is 4.75. The van der Waals surface area contributed by atoms with Crippen LogP contribution < -0.4 is 0 Å². The normalized spacial score (nSPS) is 22.5. The fourth-order valence-electron chi connectivity index (χ4n) is 1.77. The first-order valence-corrected chi connectivity index (χ1v) is 4.75. The smallest absolute Gasteiger partial charge is 0.248 e. The lowest BCUT2D eigenvalue weighted by molar-refractivity contribution is -0.0402. The maximum Gasteiger partial charge on any atom is 0.248 e. The van der Waals surface area contributed by atoms with Crippen molar-refractivity contribution in [3.8, 4) is 0 Å². The second kappa shape index (κ2) is 3.29. The summed E-state index contributed by atoms with van der Waals surface area (Å²) in [5.74, 6) is -1.39. The summed E-state index contributed by atoms with van der Waals surface area (Å²) in [6.07, 6.45) is 0.738. The monoisotopic (exact) mass is 202 g/mol. The average Bonchev–Trinajstić information content (AvgIpc) is 2.52. The Balaban J connectivity index is 2.02. The number of rotatable bonds is 1. The van der Waals surface area contributed by atoms with Gasteiger partial charge in [-0.05, 0) is 19.8 Å². The maximum atomic E-state index is 12.8. The molecule has 3 nitrogen and oxygen atoms in total. The Kier molecular flexibility index (Phi) is 2.25. The highest BCUT2D eigenvalue weighted by atomic mass is 19.3. The molecule has 78 valence electrons. The molecule has 5 heteroatoms. The number of halogens is 2. The van der Waals surface area contributed by atoms with E-state index in [1.54, 1.807) is 6.92 Å². The number of aryl methyl sites for hydroxylation is 1. The zero-order valence-corrected chi connectivity index (χ0v) is 7.96. The molecular weight excluding hydrogens is 190 g/mol. The molecule has 0 N–H and O–H groups in total. The third-order valence-electron chi connectivity index (χ3n) is 2.61. The van der Waals surface area contributed by atoms with Crippen LogP contribution in [-0.4, -0.2) is 16.1 Å². The van der Waals surface area contributed by atoms with Crippen molar-refractivity contribution in [2.24, 2.45) is 0 Å². The number of hydrogen-bond donors (Lipinski definition) is 0. The number of alkyl halides is 2. The summed E-state index contributed by atoms with van der Waals surface area (Å²) < 4.78 is 30.6. The van der Waals surface area contributed by atoms with Crippen molar-refractivity contribution in [3.63, 3.8) is 0 Å². The molecule has 0 radical (unpaired) electrons. The van der Waals surface area contributed by atoms with Gasteiger partial charge in [0.05, 0.1) is 0 Å². The van der Waals surface area contributed by atoms with E-state index in [1.165, 1.54) is 0 Å². The van der Waals surface area contributed by atoms with Crippen molar-refractivity contribution in [1.29, 1.82) is 0 Å². The zero-order valence-electron chi connectivity index (χ0n) is 7.96. The summed E-state index contributed by atoms with van der Waals surface area (Å²) in [4.78, 5) is 4.06. The minimum absolute atomic E-state index is 0.0239. The Morgan fingerprint density at radius 1 is 1.36 bits per heavy atom. The van der Waals surface area contributed by atoms with Gasteiger partial charge in [-0.3, -0.25) is 0 Å². The lowest BCUT2D eigenvalue weighted by Crippen LogP contribution is -2.23. The minimum Gasteiger partial charge on any atom is -0.339 e. The van der Waals surface area contributed by atoms with Gasteiger partial charge in [-0.2, -0.15) is 4.98 Å². The first kappa shape index (κ1) is 9.55. The molecule has 0 bridgehead atoms. The highest BCUT2D eigenvalue weighted by Crippen LogP contribution is 2.40. The van der Waals surface area contributed by atoms with Crippen LogP contribution in [0.3, 0.4) is 0 Å². The standard InChI is InChI=1S/C9H12F2N2O/c1-6-12-8(14-13-6)7-2-4-9(10,11)5-3-7/h7H,2-5H2,1H3. The Bertz CT molecular complexity index is 314. The van der Waals surface area contributed by atoms with Crippen LogP contribution in [0.5, 0.6) is 0 Å². The van der Waals surface area contributed by atoms with Crippen molar-refractivity contribution < 1.29 is 13.3 Å². The predicted molar refractivity (Wildman–Crippen MR) is 45.2 cm³/mol. The van der Waals surface area contributed by atoms with Crippen molar-refractivity contribution in [2.45, 2.75) is 44.4 Å². The second-order valence-corrected chi connectivity index (χ2v) is 3.81. The van der Waals surface area contributed by atoms with E-state index in [4.69, 9.17) is 4.52 Å². The van der Waals surface area contributed by atoms with Crippen molar-refractivity contribution >= 4 is 0 Å². The Hall–Kier alpha value is -1.00. The molecule has 0 amide bonds. The van der Waals surface area contributed by atoms with Crippen LogP contribution in [0, 0.1) is 6.92 Å². The molecule has 0 saturated heterocycles. The van der Waals surface area contributed by atoms with Gasteiger partial charge in [-0.1, -0.05) is 5.16 Å². The molecule has 1 saturated carbocycles. The lowest BCUT2D eigenvalue weighted by atomic mass is 9.87. The van der Waals surface area contributed by atoms with E-state index in [0.29, 0.717) is 24.6 Å².